The first-order chi connectivity index (χ1) is 13.6. The van der Waals surface area contributed by atoms with Crippen LogP contribution in [0.15, 0.2) is 30.3 Å². The minimum atomic E-state index is -0.539. The molecule has 0 unspecified atom stereocenters. The van der Waals surface area contributed by atoms with Crippen molar-refractivity contribution in [1.29, 1.82) is 0 Å². The second-order valence-corrected chi connectivity index (χ2v) is 6.24. The molecule has 1 heterocycles. The molecule has 2 aromatic carbocycles. The highest BCUT2D eigenvalue weighted by molar-refractivity contribution is 5.75. The van der Waals surface area contributed by atoms with Gasteiger partial charge in [-0.2, -0.15) is 0 Å². The van der Waals surface area contributed by atoms with Gasteiger partial charge in [0.25, 0.3) is 0 Å². The van der Waals surface area contributed by atoms with E-state index in [4.69, 9.17) is 18.9 Å². The SMILES string of the molecule is COc1cc([C@@H]2Oc3c(OC)cc(/C=C\C=O)cc3[C@H]2CO)cc(OC)c1O. The number of aldehydes is 1. The number of carbonyl (C=O) groups is 1. The third kappa shape index (κ3) is 3.36. The van der Waals surface area contributed by atoms with E-state index in [9.17, 15) is 15.0 Å². The van der Waals surface area contributed by atoms with Crippen LogP contribution in [0, 0.1) is 0 Å². The van der Waals surface area contributed by atoms with Crippen LogP contribution in [0.2, 0.25) is 0 Å². The fourth-order valence-corrected chi connectivity index (χ4v) is 3.39. The van der Waals surface area contributed by atoms with E-state index in [0.717, 1.165) is 11.1 Å². The summed E-state index contributed by atoms with van der Waals surface area (Å²) in [5.41, 5.74) is 2.20. The summed E-state index contributed by atoms with van der Waals surface area (Å²) in [6.45, 7) is -0.173. The number of allylic oxidation sites excluding steroid dienone is 1. The average molecular weight is 386 g/mol. The smallest absolute Gasteiger partial charge is 0.200 e. The number of carbonyl (C=O) groups excluding carboxylic acids is 1. The molecular weight excluding hydrogens is 364 g/mol. The lowest BCUT2D eigenvalue weighted by molar-refractivity contribution is -0.104. The van der Waals surface area contributed by atoms with Crippen LogP contribution in [0.3, 0.4) is 0 Å². The van der Waals surface area contributed by atoms with Crippen LogP contribution in [-0.2, 0) is 4.79 Å². The van der Waals surface area contributed by atoms with Crippen molar-refractivity contribution < 1.29 is 34.0 Å². The fraction of sp³-hybridized carbons (Fsp3) is 0.286. The van der Waals surface area contributed by atoms with Crippen LogP contribution in [0.1, 0.15) is 28.7 Å². The van der Waals surface area contributed by atoms with E-state index in [-0.39, 0.29) is 29.8 Å². The highest BCUT2D eigenvalue weighted by Gasteiger charge is 2.38. The highest BCUT2D eigenvalue weighted by atomic mass is 16.5. The Morgan fingerprint density at radius 2 is 1.68 bits per heavy atom. The number of benzene rings is 2. The minimum Gasteiger partial charge on any atom is -0.502 e. The van der Waals surface area contributed by atoms with Gasteiger partial charge in [-0.05, 0) is 35.9 Å². The lowest BCUT2D eigenvalue weighted by atomic mass is 9.90. The third-order valence-corrected chi connectivity index (χ3v) is 4.73. The van der Waals surface area contributed by atoms with Gasteiger partial charge in [0, 0.05) is 11.1 Å². The van der Waals surface area contributed by atoms with Crippen LogP contribution in [-0.4, -0.2) is 44.4 Å². The standard InChI is InChI=1S/C21H22O7/c1-25-16-9-13(10-17(26-2)19(16)24)20-15(11-23)14-7-12(5-4-6-22)8-18(27-3)21(14)28-20/h4-10,15,20,23-24H,11H2,1-3H3/b5-4-/t15-,20+/m1/s1. The average Bonchev–Trinajstić information content (AvgIpc) is 3.10. The number of methoxy groups -OCH3 is 3. The third-order valence-electron chi connectivity index (χ3n) is 4.73. The van der Waals surface area contributed by atoms with Crippen LogP contribution >= 0.6 is 0 Å². The molecule has 0 bridgehead atoms. The Balaban J connectivity index is 2.10. The predicted octanol–water partition coefficient (Wildman–Crippen LogP) is 2.84. The molecule has 28 heavy (non-hydrogen) atoms. The van der Waals surface area contributed by atoms with Gasteiger partial charge in [0.1, 0.15) is 12.4 Å². The second-order valence-electron chi connectivity index (χ2n) is 6.24. The van der Waals surface area contributed by atoms with Crippen molar-refractivity contribution in [2.75, 3.05) is 27.9 Å². The molecule has 0 aliphatic carbocycles. The quantitative estimate of drug-likeness (QED) is 0.558. The molecule has 7 heteroatoms. The van der Waals surface area contributed by atoms with E-state index in [2.05, 4.69) is 0 Å². The number of phenols is 1. The van der Waals surface area contributed by atoms with Gasteiger partial charge in [-0.15, -0.1) is 0 Å². The Morgan fingerprint density at radius 3 is 2.21 bits per heavy atom. The van der Waals surface area contributed by atoms with Gasteiger partial charge in [-0.3, -0.25) is 4.79 Å². The van der Waals surface area contributed by atoms with E-state index in [1.807, 2.05) is 6.07 Å². The molecule has 7 nitrogen and oxygen atoms in total. The molecule has 0 saturated heterocycles. The molecule has 0 fully saturated rings. The topological polar surface area (TPSA) is 94.5 Å². The Morgan fingerprint density at radius 1 is 1.04 bits per heavy atom. The number of aromatic hydroxyl groups is 1. The summed E-state index contributed by atoms with van der Waals surface area (Å²) in [5, 5.41) is 20.2. The summed E-state index contributed by atoms with van der Waals surface area (Å²) in [6, 6.07) is 6.91. The Kier molecular flexibility index (Phi) is 5.75. The number of aliphatic hydroxyl groups excluding tert-OH is 1. The summed E-state index contributed by atoms with van der Waals surface area (Å²) >= 11 is 0. The van der Waals surface area contributed by atoms with E-state index in [1.165, 1.54) is 27.4 Å². The Bertz CT molecular complexity index is 879. The number of fused-ring (bicyclic) bond motifs is 1. The van der Waals surface area contributed by atoms with Crippen LogP contribution < -0.4 is 18.9 Å². The molecule has 0 radical (unpaired) electrons. The number of aliphatic hydroxyl groups is 1. The molecular formula is C21H22O7. The van der Waals surface area contributed by atoms with E-state index in [1.54, 1.807) is 24.3 Å². The Labute approximate surface area is 162 Å². The molecule has 1 aliphatic rings. The first kappa shape index (κ1) is 19.6. The summed E-state index contributed by atoms with van der Waals surface area (Å²) in [6.07, 6.45) is 3.20. The summed E-state index contributed by atoms with van der Waals surface area (Å²) in [4.78, 5) is 10.6. The first-order valence-electron chi connectivity index (χ1n) is 8.64. The Hall–Kier alpha value is -3.19. The molecule has 0 spiro atoms. The molecule has 3 rings (SSSR count). The predicted molar refractivity (Wildman–Crippen MR) is 102 cm³/mol. The second kappa shape index (κ2) is 8.22. The van der Waals surface area contributed by atoms with Gasteiger partial charge in [0.15, 0.2) is 23.0 Å². The molecule has 0 amide bonds. The fourth-order valence-electron chi connectivity index (χ4n) is 3.39. The van der Waals surface area contributed by atoms with Gasteiger partial charge in [0.2, 0.25) is 5.75 Å². The van der Waals surface area contributed by atoms with Crippen LogP contribution in [0.25, 0.3) is 6.08 Å². The van der Waals surface area contributed by atoms with Gasteiger partial charge >= 0.3 is 0 Å². The molecule has 1 aliphatic heterocycles. The largest absolute Gasteiger partial charge is 0.502 e. The number of hydrogen-bond acceptors (Lipinski definition) is 7. The van der Waals surface area contributed by atoms with Crippen molar-refractivity contribution in [3.05, 3.63) is 47.0 Å². The van der Waals surface area contributed by atoms with E-state index >= 15 is 0 Å². The number of phenolic OH excluding ortho intramolecular Hbond substituents is 1. The highest BCUT2D eigenvalue weighted by Crippen LogP contribution is 2.52. The molecule has 2 aromatic rings. The van der Waals surface area contributed by atoms with E-state index < -0.39 is 6.10 Å². The van der Waals surface area contributed by atoms with Crippen molar-refractivity contribution in [1.82, 2.24) is 0 Å². The summed E-state index contributed by atoms with van der Waals surface area (Å²) in [7, 11) is 4.42. The van der Waals surface area contributed by atoms with Gasteiger partial charge in [-0.1, -0.05) is 6.08 Å². The molecule has 2 N–H and O–H groups in total. The zero-order valence-electron chi connectivity index (χ0n) is 15.8. The summed E-state index contributed by atoms with van der Waals surface area (Å²) < 4.78 is 22.0. The molecule has 148 valence electrons. The maximum Gasteiger partial charge on any atom is 0.200 e. The zero-order chi connectivity index (χ0) is 20.3. The normalized spacial score (nSPS) is 17.9. The van der Waals surface area contributed by atoms with Crippen molar-refractivity contribution in [2.24, 2.45) is 0 Å². The first-order valence-corrected chi connectivity index (χ1v) is 8.64. The van der Waals surface area contributed by atoms with Crippen molar-refractivity contribution >= 4 is 12.4 Å². The molecule has 0 saturated carbocycles. The number of ether oxygens (including phenoxy) is 4. The van der Waals surface area contributed by atoms with Crippen molar-refractivity contribution in [3.63, 3.8) is 0 Å². The maximum absolute atomic E-state index is 10.6. The zero-order valence-corrected chi connectivity index (χ0v) is 15.8. The van der Waals surface area contributed by atoms with Gasteiger partial charge in [-0.25, -0.2) is 0 Å². The monoisotopic (exact) mass is 386 g/mol. The van der Waals surface area contributed by atoms with Gasteiger partial charge < -0.3 is 29.2 Å². The maximum atomic E-state index is 10.6. The summed E-state index contributed by atoms with van der Waals surface area (Å²) in [5.74, 6) is 1.03. The van der Waals surface area contributed by atoms with E-state index in [0.29, 0.717) is 23.3 Å². The minimum absolute atomic E-state index is 0.108. The van der Waals surface area contributed by atoms with Gasteiger partial charge in [0.05, 0.1) is 33.9 Å². The van der Waals surface area contributed by atoms with Crippen LogP contribution in [0.5, 0.6) is 28.7 Å². The number of rotatable bonds is 7. The van der Waals surface area contributed by atoms with Crippen LogP contribution in [0.4, 0.5) is 0 Å². The lowest BCUT2D eigenvalue weighted by Crippen LogP contribution is -2.13. The lowest BCUT2D eigenvalue weighted by Gasteiger charge is -2.20. The molecule has 2 atom stereocenters. The number of hydrogen-bond donors (Lipinski definition) is 2. The van der Waals surface area contributed by atoms with Crippen molar-refractivity contribution in [3.8, 4) is 28.7 Å². The molecule has 0 aromatic heterocycles. The van der Waals surface area contributed by atoms with Crippen molar-refractivity contribution in [2.45, 2.75) is 12.0 Å².